The lowest BCUT2D eigenvalue weighted by molar-refractivity contribution is 0.467. The Bertz CT molecular complexity index is 784. The fourth-order valence-electron chi connectivity index (χ4n) is 1.96. The summed E-state index contributed by atoms with van der Waals surface area (Å²) in [7, 11) is 0. The molecule has 20 heavy (non-hydrogen) atoms. The normalized spacial score (nSPS) is 10.4. The summed E-state index contributed by atoms with van der Waals surface area (Å²) in [6, 6.07) is 17.2. The third-order valence-corrected chi connectivity index (χ3v) is 3.60. The smallest absolute Gasteiger partial charge is 0.247 e. The Morgan fingerprint density at radius 3 is 2.55 bits per heavy atom. The van der Waals surface area contributed by atoms with Gasteiger partial charge in [-0.25, -0.2) is 0 Å². The quantitative estimate of drug-likeness (QED) is 0.636. The zero-order valence-electron chi connectivity index (χ0n) is 10.5. The van der Waals surface area contributed by atoms with E-state index >= 15 is 0 Å². The number of halogens is 1. The van der Waals surface area contributed by atoms with E-state index in [1.165, 1.54) is 0 Å². The Labute approximate surface area is 124 Å². The summed E-state index contributed by atoms with van der Waals surface area (Å²) in [5.74, 6) is 1.34. The van der Waals surface area contributed by atoms with Crippen LogP contribution in [-0.4, -0.2) is 0 Å². The van der Waals surface area contributed by atoms with Crippen LogP contribution in [0.25, 0.3) is 11.0 Å². The van der Waals surface area contributed by atoms with Gasteiger partial charge in [0.05, 0.1) is 5.39 Å². The van der Waals surface area contributed by atoms with Crippen molar-refractivity contribution in [1.29, 1.82) is 5.26 Å². The third kappa shape index (κ3) is 2.28. The molecule has 0 amide bonds. The molecule has 0 unspecified atom stereocenters. The highest BCUT2D eigenvalue weighted by Gasteiger charge is 2.15. The molecule has 3 aromatic rings. The van der Waals surface area contributed by atoms with Gasteiger partial charge in [0.15, 0.2) is 5.75 Å². The van der Waals surface area contributed by atoms with E-state index in [2.05, 4.69) is 15.9 Å². The minimum atomic E-state index is 0.191. The van der Waals surface area contributed by atoms with E-state index < -0.39 is 0 Å². The number of nitriles is 1. The molecule has 0 radical (unpaired) electrons. The highest BCUT2D eigenvalue weighted by molar-refractivity contribution is 9.08. The molecule has 0 fully saturated rings. The van der Waals surface area contributed by atoms with Gasteiger partial charge >= 0.3 is 0 Å². The predicted molar refractivity (Wildman–Crippen MR) is 80.1 cm³/mol. The van der Waals surface area contributed by atoms with Crippen molar-refractivity contribution in [3.63, 3.8) is 0 Å². The molecule has 3 rings (SSSR count). The van der Waals surface area contributed by atoms with Gasteiger partial charge in [0.1, 0.15) is 17.4 Å². The molecule has 3 nitrogen and oxygen atoms in total. The molecule has 4 heteroatoms. The van der Waals surface area contributed by atoms with Gasteiger partial charge < -0.3 is 9.15 Å². The summed E-state index contributed by atoms with van der Waals surface area (Å²) in [5, 5.41) is 10.7. The molecule has 0 saturated carbocycles. The van der Waals surface area contributed by atoms with Gasteiger partial charge in [-0.15, -0.1) is 0 Å². The van der Waals surface area contributed by atoms with Gasteiger partial charge in [-0.05, 0) is 29.8 Å². The van der Waals surface area contributed by atoms with Crippen LogP contribution in [-0.2, 0) is 5.33 Å². The average molecular weight is 328 g/mol. The molecule has 0 aliphatic heterocycles. The van der Waals surface area contributed by atoms with Crippen molar-refractivity contribution < 1.29 is 9.15 Å². The number of nitrogens with zero attached hydrogens (tertiary/aromatic N) is 1. The maximum atomic E-state index is 9.15. The van der Waals surface area contributed by atoms with Gasteiger partial charge in [-0.1, -0.05) is 40.2 Å². The zero-order valence-corrected chi connectivity index (χ0v) is 12.1. The molecule has 0 aliphatic carbocycles. The van der Waals surface area contributed by atoms with Crippen LogP contribution in [0.2, 0.25) is 0 Å². The van der Waals surface area contributed by atoms with Gasteiger partial charge in [0.2, 0.25) is 5.76 Å². The molecule has 1 aromatic heterocycles. The van der Waals surface area contributed by atoms with Crippen molar-refractivity contribution in [3.05, 3.63) is 59.9 Å². The van der Waals surface area contributed by atoms with E-state index in [0.717, 1.165) is 16.3 Å². The number of alkyl halides is 1. The minimum Gasteiger partial charge on any atom is -0.452 e. The van der Waals surface area contributed by atoms with Crippen molar-refractivity contribution in [2.45, 2.75) is 5.33 Å². The highest BCUT2D eigenvalue weighted by atomic mass is 79.9. The van der Waals surface area contributed by atoms with Crippen molar-refractivity contribution in [3.8, 4) is 17.6 Å². The minimum absolute atomic E-state index is 0.191. The molecular weight excluding hydrogens is 318 g/mol. The highest BCUT2D eigenvalue weighted by Crippen LogP contribution is 2.35. The summed E-state index contributed by atoms with van der Waals surface area (Å²) < 4.78 is 11.3. The number of rotatable bonds is 3. The molecule has 0 spiro atoms. The van der Waals surface area contributed by atoms with E-state index in [1.54, 1.807) is 0 Å². The summed E-state index contributed by atoms with van der Waals surface area (Å²) in [5.41, 5.74) is 1.81. The second-order valence-corrected chi connectivity index (χ2v) is 4.81. The molecular formula is C16H10BrNO2. The molecule has 0 atom stereocenters. The topological polar surface area (TPSA) is 46.2 Å². The number of benzene rings is 2. The first-order valence-electron chi connectivity index (χ1n) is 6.06. The van der Waals surface area contributed by atoms with Crippen LogP contribution >= 0.6 is 15.9 Å². The number of para-hydroxylation sites is 1. The molecule has 1 heterocycles. The van der Waals surface area contributed by atoms with Gasteiger partial charge in [-0.3, -0.25) is 0 Å². The van der Waals surface area contributed by atoms with Crippen molar-refractivity contribution >= 4 is 26.9 Å². The van der Waals surface area contributed by atoms with Crippen LogP contribution in [0.3, 0.4) is 0 Å². The van der Waals surface area contributed by atoms with E-state index in [4.69, 9.17) is 14.4 Å². The van der Waals surface area contributed by atoms with Crippen molar-refractivity contribution in [2.24, 2.45) is 0 Å². The number of hydrogen-bond donors (Lipinski definition) is 0. The number of fused-ring (bicyclic) bond motifs is 1. The average Bonchev–Trinajstić information content (AvgIpc) is 2.86. The lowest BCUT2D eigenvalue weighted by Gasteiger charge is -2.04. The monoisotopic (exact) mass is 327 g/mol. The molecule has 98 valence electrons. The standard InChI is InChI=1S/C16H10BrNO2/c17-9-11-5-7-12(8-6-11)19-16-13-3-1-2-4-14(13)20-15(16)10-18/h1-8H,9H2. The van der Waals surface area contributed by atoms with E-state index in [1.807, 2.05) is 54.6 Å². The summed E-state index contributed by atoms with van der Waals surface area (Å²) in [6.07, 6.45) is 0. The fraction of sp³-hybridized carbons (Fsp3) is 0.0625. The van der Waals surface area contributed by atoms with E-state index in [-0.39, 0.29) is 5.76 Å². The first kappa shape index (κ1) is 12.8. The number of ether oxygens (including phenoxy) is 1. The zero-order chi connectivity index (χ0) is 13.9. The lowest BCUT2D eigenvalue weighted by atomic mass is 10.2. The number of hydrogen-bond acceptors (Lipinski definition) is 3. The lowest BCUT2D eigenvalue weighted by Crippen LogP contribution is -1.86. The molecule has 0 bridgehead atoms. The van der Waals surface area contributed by atoms with Crippen LogP contribution in [0.15, 0.2) is 52.9 Å². The Hall–Kier alpha value is -2.25. The third-order valence-electron chi connectivity index (χ3n) is 2.95. The van der Waals surface area contributed by atoms with Crippen LogP contribution < -0.4 is 4.74 Å². The van der Waals surface area contributed by atoms with Gasteiger partial charge in [-0.2, -0.15) is 5.26 Å². The second-order valence-electron chi connectivity index (χ2n) is 4.25. The Morgan fingerprint density at radius 2 is 1.85 bits per heavy atom. The molecule has 0 aliphatic rings. The van der Waals surface area contributed by atoms with Crippen LogP contribution in [0.1, 0.15) is 11.3 Å². The van der Waals surface area contributed by atoms with Crippen molar-refractivity contribution in [1.82, 2.24) is 0 Å². The maximum Gasteiger partial charge on any atom is 0.247 e. The Kier molecular flexibility index (Phi) is 3.44. The summed E-state index contributed by atoms with van der Waals surface area (Å²) in [4.78, 5) is 0. The van der Waals surface area contributed by atoms with Gasteiger partial charge in [0, 0.05) is 5.33 Å². The van der Waals surface area contributed by atoms with Crippen molar-refractivity contribution in [2.75, 3.05) is 0 Å². The Morgan fingerprint density at radius 1 is 1.10 bits per heavy atom. The predicted octanol–water partition coefficient (Wildman–Crippen LogP) is 4.99. The largest absolute Gasteiger partial charge is 0.452 e. The summed E-state index contributed by atoms with van der Waals surface area (Å²) >= 11 is 3.40. The molecule has 0 N–H and O–H groups in total. The van der Waals surface area contributed by atoms with Gasteiger partial charge in [0.25, 0.3) is 0 Å². The molecule has 2 aromatic carbocycles. The van der Waals surface area contributed by atoms with Crippen LogP contribution in [0.5, 0.6) is 11.5 Å². The van der Waals surface area contributed by atoms with Crippen LogP contribution in [0.4, 0.5) is 0 Å². The summed E-state index contributed by atoms with van der Waals surface area (Å²) in [6.45, 7) is 0. The molecule has 0 saturated heterocycles. The second kappa shape index (κ2) is 5.40. The number of furan rings is 1. The van der Waals surface area contributed by atoms with Crippen LogP contribution in [0, 0.1) is 11.3 Å². The fourth-order valence-corrected chi connectivity index (χ4v) is 2.34. The first-order chi connectivity index (χ1) is 9.81. The Balaban J connectivity index is 2.03. The van der Waals surface area contributed by atoms with E-state index in [9.17, 15) is 0 Å². The maximum absolute atomic E-state index is 9.15. The van der Waals surface area contributed by atoms with E-state index in [0.29, 0.717) is 17.1 Å². The SMILES string of the molecule is N#Cc1oc2ccccc2c1Oc1ccc(CBr)cc1. The first-order valence-corrected chi connectivity index (χ1v) is 7.18.